The molecule has 6 nitrogen and oxygen atoms in total. The lowest BCUT2D eigenvalue weighted by Crippen LogP contribution is -2.26. The summed E-state index contributed by atoms with van der Waals surface area (Å²) >= 11 is 0. The lowest BCUT2D eigenvalue weighted by Gasteiger charge is -2.22. The van der Waals surface area contributed by atoms with Gasteiger partial charge in [0.25, 0.3) is 0 Å². The number of allylic oxidation sites excluding steroid dienone is 5. The highest BCUT2D eigenvalue weighted by molar-refractivity contribution is 6.00. The average molecular weight is 550 g/mol. The highest BCUT2D eigenvalue weighted by Crippen LogP contribution is 2.28. The molecule has 0 aliphatic rings. The number of aryl methyl sites for hydroxylation is 1. The predicted octanol–water partition coefficient (Wildman–Crippen LogP) is 9.11. The molecule has 0 aromatic heterocycles. The van der Waals surface area contributed by atoms with E-state index in [4.69, 9.17) is 14.9 Å². The van der Waals surface area contributed by atoms with E-state index in [9.17, 15) is 9.18 Å². The van der Waals surface area contributed by atoms with Gasteiger partial charge < -0.3 is 14.8 Å². The highest BCUT2D eigenvalue weighted by Gasteiger charge is 2.14. The zero-order valence-corrected chi connectivity index (χ0v) is 24.9. The van der Waals surface area contributed by atoms with Crippen LogP contribution in [0.15, 0.2) is 89.1 Å². The number of anilines is 1. The molecule has 0 spiro atoms. The number of nitrogens with zero attached hydrogens (tertiary/aromatic N) is 3. The molecule has 2 aromatic carbocycles. The largest absolute Gasteiger partial charge is 0.481 e. The molecule has 216 valence electrons. The van der Waals surface area contributed by atoms with Crippen LogP contribution in [0.4, 0.5) is 15.8 Å². The van der Waals surface area contributed by atoms with Gasteiger partial charge in [-0.2, -0.15) is 0 Å². The molecule has 7 heteroatoms. The van der Waals surface area contributed by atoms with E-state index in [-0.39, 0.29) is 18.3 Å². The molecule has 1 atom stereocenters. The van der Waals surface area contributed by atoms with E-state index in [2.05, 4.69) is 11.7 Å². The molecular formula is C33H44FN3O3. The zero-order chi connectivity index (χ0) is 30.1. The Hall–Kier alpha value is -4.00. The molecule has 0 amide bonds. The molecule has 1 N–H and O–H groups in total. The standard InChI is InChI=1S/C31H38FN3O3.C2H6/c1-7-9-12-25(8-2)23(4)34-38-24(5)26-16-15-22(3)29(21-26)33-30(13-10-11-14-31(36)37)35(6)28-19-17-27(32)18-20-28;1-2/h7-9,12,15-21,24H,1,10-11,13-14H2,2-6H3,(H,36,37);1-2H3/b12-9-,25-8+,33-30?,34-23+;. The molecule has 2 aromatic rings. The van der Waals surface area contributed by atoms with Gasteiger partial charge in [-0.25, -0.2) is 9.38 Å². The molecule has 0 saturated carbocycles. The van der Waals surface area contributed by atoms with E-state index in [1.54, 1.807) is 18.2 Å². The first-order chi connectivity index (χ1) is 19.2. The Labute approximate surface area is 239 Å². The third-order valence-corrected chi connectivity index (χ3v) is 6.08. The Balaban J connectivity index is 0.00000391. The summed E-state index contributed by atoms with van der Waals surface area (Å²) in [6.07, 6.45) is 9.02. The topological polar surface area (TPSA) is 74.5 Å². The second-order valence-corrected chi connectivity index (χ2v) is 8.97. The van der Waals surface area contributed by atoms with Gasteiger partial charge in [0.15, 0.2) is 0 Å². The van der Waals surface area contributed by atoms with Gasteiger partial charge in [-0.15, -0.1) is 0 Å². The van der Waals surface area contributed by atoms with Crippen molar-refractivity contribution in [2.75, 3.05) is 11.9 Å². The summed E-state index contributed by atoms with van der Waals surface area (Å²) in [5, 5.41) is 13.3. The summed E-state index contributed by atoms with van der Waals surface area (Å²) in [7, 11) is 1.88. The minimum Gasteiger partial charge on any atom is -0.481 e. The van der Waals surface area contributed by atoms with Crippen molar-refractivity contribution < 1.29 is 19.1 Å². The normalized spacial score (nSPS) is 12.9. The van der Waals surface area contributed by atoms with Gasteiger partial charge in [-0.05, 0) is 87.6 Å². The Bertz CT molecular complexity index is 1210. The summed E-state index contributed by atoms with van der Waals surface area (Å²) < 4.78 is 13.5. The number of halogens is 1. The summed E-state index contributed by atoms with van der Waals surface area (Å²) in [5.41, 5.74) is 5.19. The Morgan fingerprint density at radius 3 is 2.40 bits per heavy atom. The predicted molar refractivity (Wildman–Crippen MR) is 166 cm³/mol. The fourth-order valence-electron chi connectivity index (χ4n) is 3.68. The first-order valence-corrected chi connectivity index (χ1v) is 13.7. The van der Waals surface area contributed by atoms with E-state index in [0.29, 0.717) is 19.3 Å². The van der Waals surface area contributed by atoms with Gasteiger partial charge in [-0.3, -0.25) is 4.79 Å². The molecule has 0 radical (unpaired) electrons. The van der Waals surface area contributed by atoms with Crippen LogP contribution >= 0.6 is 0 Å². The number of oxime groups is 1. The first-order valence-electron chi connectivity index (χ1n) is 13.7. The van der Waals surface area contributed by atoms with E-state index in [0.717, 1.165) is 39.6 Å². The lowest BCUT2D eigenvalue weighted by molar-refractivity contribution is -0.137. The number of carbonyl (C=O) groups is 1. The number of carboxylic acid groups (broad SMARTS) is 1. The van der Waals surface area contributed by atoms with Crippen LogP contribution < -0.4 is 4.90 Å². The SMILES string of the molecule is C=C\C=C/C(=C\C)C(/C)=N/OC(C)c1ccc(C)c(N=C(CCCCC(=O)O)N(C)c2ccc(F)cc2)c1.CC. The summed E-state index contributed by atoms with van der Waals surface area (Å²) in [5.74, 6) is -0.365. The van der Waals surface area contributed by atoms with E-state index in [1.807, 2.05) is 89.9 Å². The van der Waals surface area contributed by atoms with Crippen molar-refractivity contribution in [2.45, 2.75) is 73.3 Å². The number of unbranched alkanes of at least 4 members (excludes halogenated alkanes) is 1. The minimum atomic E-state index is -0.816. The van der Waals surface area contributed by atoms with Gasteiger partial charge >= 0.3 is 5.97 Å². The van der Waals surface area contributed by atoms with Crippen molar-refractivity contribution in [3.05, 3.63) is 95.9 Å². The maximum absolute atomic E-state index is 13.5. The van der Waals surface area contributed by atoms with Crippen molar-refractivity contribution in [1.82, 2.24) is 0 Å². The monoisotopic (exact) mass is 549 g/mol. The molecule has 0 fully saturated rings. The van der Waals surface area contributed by atoms with Crippen LogP contribution in [0, 0.1) is 12.7 Å². The number of amidine groups is 1. The number of carboxylic acids is 1. The third-order valence-electron chi connectivity index (χ3n) is 6.08. The number of hydrogen-bond acceptors (Lipinski definition) is 4. The van der Waals surface area contributed by atoms with Gasteiger partial charge in [0, 0.05) is 25.6 Å². The molecular weight excluding hydrogens is 505 g/mol. The van der Waals surface area contributed by atoms with Crippen LogP contribution in [0.3, 0.4) is 0 Å². The molecule has 1 unspecified atom stereocenters. The van der Waals surface area contributed by atoms with E-state index >= 15 is 0 Å². The fraction of sp³-hybridized carbons (Fsp3) is 0.364. The second-order valence-electron chi connectivity index (χ2n) is 8.97. The Morgan fingerprint density at radius 2 is 1.80 bits per heavy atom. The second kappa shape index (κ2) is 18.3. The number of benzene rings is 2. The smallest absolute Gasteiger partial charge is 0.303 e. The lowest BCUT2D eigenvalue weighted by atomic mass is 10.1. The summed E-state index contributed by atoms with van der Waals surface area (Å²) in [6, 6.07) is 12.2. The average Bonchev–Trinajstić information content (AvgIpc) is 2.95. The van der Waals surface area contributed by atoms with Gasteiger partial charge in [-0.1, -0.05) is 62.0 Å². The number of aliphatic imine (C=N–C) groups is 1. The van der Waals surface area contributed by atoms with Crippen molar-refractivity contribution in [2.24, 2.45) is 10.1 Å². The molecule has 0 bridgehead atoms. The third kappa shape index (κ3) is 11.4. The molecule has 0 aliphatic carbocycles. The van der Waals surface area contributed by atoms with E-state index in [1.165, 1.54) is 12.1 Å². The van der Waals surface area contributed by atoms with Crippen molar-refractivity contribution in [3.8, 4) is 0 Å². The molecule has 40 heavy (non-hydrogen) atoms. The van der Waals surface area contributed by atoms with Crippen LogP contribution in [0.1, 0.15) is 77.5 Å². The number of aliphatic carboxylic acids is 1. The van der Waals surface area contributed by atoms with Gasteiger partial charge in [0.05, 0.1) is 11.4 Å². The van der Waals surface area contributed by atoms with Crippen LogP contribution in [0.25, 0.3) is 0 Å². The number of rotatable bonds is 13. The van der Waals surface area contributed by atoms with Crippen LogP contribution in [-0.2, 0) is 9.63 Å². The zero-order valence-electron chi connectivity index (χ0n) is 24.9. The minimum absolute atomic E-state index is 0.106. The molecule has 0 saturated heterocycles. The van der Waals surface area contributed by atoms with Gasteiger partial charge in [0.2, 0.25) is 0 Å². The maximum atomic E-state index is 13.5. The van der Waals surface area contributed by atoms with Crippen molar-refractivity contribution >= 4 is 28.9 Å². The number of hydrogen-bond donors (Lipinski definition) is 1. The highest BCUT2D eigenvalue weighted by atomic mass is 19.1. The fourth-order valence-corrected chi connectivity index (χ4v) is 3.68. The van der Waals surface area contributed by atoms with Crippen LogP contribution in [0.5, 0.6) is 0 Å². The Morgan fingerprint density at radius 1 is 1.15 bits per heavy atom. The molecule has 0 heterocycles. The maximum Gasteiger partial charge on any atom is 0.303 e. The van der Waals surface area contributed by atoms with Crippen molar-refractivity contribution in [3.63, 3.8) is 0 Å². The van der Waals surface area contributed by atoms with Gasteiger partial charge in [0.1, 0.15) is 17.8 Å². The Kier molecular flexibility index (Phi) is 15.6. The van der Waals surface area contributed by atoms with E-state index < -0.39 is 5.97 Å². The summed E-state index contributed by atoms with van der Waals surface area (Å²) in [6.45, 7) is 15.4. The first kappa shape index (κ1) is 34.0. The summed E-state index contributed by atoms with van der Waals surface area (Å²) in [4.78, 5) is 23.7. The molecule has 0 aliphatic heterocycles. The van der Waals surface area contributed by atoms with Crippen molar-refractivity contribution in [1.29, 1.82) is 0 Å². The van der Waals surface area contributed by atoms with Crippen LogP contribution in [0.2, 0.25) is 0 Å². The molecule has 2 rings (SSSR count). The van der Waals surface area contributed by atoms with Crippen LogP contribution in [-0.4, -0.2) is 29.7 Å². The quantitative estimate of drug-likeness (QED) is 0.0889.